The van der Waals surface area contributed by atoms with E-state index in [0.717, 1.165) is 11.1 Å². The molecule has 0 radical (unpaired) electrons. The second-order valence-corrected chi connectivity index (χ2v) is 4.49. The van der Waals surface area contributed by atoms with Crippen molar-refractivity contribution in [3.63, 3.8) is 0 Å². The van der Waals surface area contributed by atoms with Crippen LogP contribution in [0.25, 0.3) is 0 Å². The SMILES string of the molecule is Cc1ccc(C(=O)C[n+]2ccn(C)c2)c(C)c1.[Cl-]. The summed E-state index contributed by atoms with van der Waals surface area (Å²) in [5, 5.41) is 0. The summed E-state index contributed by atoms with van der Waals surface area (Å²) in [6.07, 6.45) is 5.73. The number of Topliss-reactive ketones (excluding diaryl/α,β-unsaturated/α-hetero) is 1. The standard InChI is InChI=1S/C14H17N2O.ClH/c1-11-4-5-13(12(2)8-11)14(17)9-16-7-6-15(3)10-16;/h4-8,10H,9H2,1-3H3;1H/q+1;/p-1. The number of imidazole rings is 1. The predicted octanol–water partition coefficient (Wildman–Crippen LogP) is -1.18. The summed E-state index contributed by atoms with van der Waals surface area (Å²) in [7, 11) is 1.94. The highest BCUT2D eigenvalue weighted by Gasteiger charge is 2.12. The van der Waals surface area contributed by atoms with Crippen molar-refractivity contribution >= 4 is 5.78 Å². The summed E-state index contributed by atoms with van der Waals surface area (Å²) in [6.45, 7) is 4.41. The molecule has 0 aliphatic heterocycles. The van der Waals surface area contributed by atoms with Gasteiger partial charge in [-0.3, -0.25) is 4.79 Å². The van der Waals surface area contributed by atoms with Gasteiger partial charge < -0.3 is 12.4 Å². The number of hydrogen-bond acceptors (Lipinski definition) is 1. The van der Waals surface area contributed by atoms with E-state index < -0.39 is 0 Å². The van der Waals surface area contributed by atoms with Crippen LogP contribution in [0.1, 0.15) is 21.5 Å². The van der Waals surface area contributed by atoms with Gasteiger partial charge in [0.15, 0.2) is 6.54 Å². The molecule has 0 atom stereocenters. The van der Waals surface area contributed by atoms with Gasteiger partial charge in [0.25, 0.3) is 0 Å². The smallest absolute Gasteiger partial charge is 0.243 e. The number of hydrogen-bond donors (Lipinski definition) is 0. The highest BCUT2D eigenvalue weighted by molar-refractivity contribution is 5.96. The maximum absolute atomic E-state index is 12.1. The highest BCUT2D eigenvalue weighted by atomic mass is 35.5. The Morgan fingerprint density at radius 2 is 2.06 bits per heavy atom. The van der Waals surface area contributed by atoms with E-state index in [1.165, 1.54) is 5.56 Å². The first-order chi connectivity index (χ1) is 8.06. The van der Waals surface area contributed by atoms with E-state index in [1.54, 1.807) is 0 Å². The van der Waals surface area contributed by atoms with E-state index in [2.05, 4.69) is 0 Å². The number of halogens is 1. The van der Waals surface area contributed by atoms with Crippen LogP contribution in [0.3, 0.4) is 0 Å². The van der Waals surface area contributed by atoms with Crippen LogP contribution < -0.4 is 17.0 Å². The summed E-state index contributed by atoms with van der Waals surface area (Å²) in [4.78, 5) is 12.1. The minimum atomic E-state index is 0. The zero-order valence-electron chi connectivity index (χ0n) is 10.9. The molecule has 3 nitrogen and oxygen atoms in total. The number of carbonyl (C=O) groups is 1. The fourth-order valence-electron chi connectivity index (χ4n) is 1.97. The molecule has 0 spiro atoms. The third-order valence-corrected chi connectivity index (χ3v) is 2.83. The van der Waals surface area contributed by atoms with E-state index >= 15 is 0 Å². The predicted molar refractivity (Wildman–Crippen MR) is 65.9 cm³/mol. The zero-order valence-corrected chi connectivity index (χ0v) is 11.6. The molecule has 0 aliphatic carbocycles. The van der Waals surface area contributed by atoms with E-state index in [-0.39, 0.29) is 18.2 Å². The van der Waals surface area contributed by atoms with Gasteiger partial charge in [0.1, 0.15) is 12.4 Å². The van der Waals surface area contributed by atoms with Crippen LogP contribution in [0.2, 0.25) is 0 Å². The molecule has 0 aliphatic rings. The van der Waals surface area contributed by atoms with Gasteiger partial charge in [-0.1, -0.05) is 23.8 Å². The Morgan fingerprint density at radius 3 is 2.61 bits per heavy atom. The summed E-state index contributed by atoms with van der Waals surface area (Å²) in [5.74, 6) is 0.152. The second kappa shape index (κ2) is 5.83. The fraction of sp³-hybridized carbons (Fsp3) is 0.286. The Kier molecular flexibility index (Phi) is 4.68. The molecular formula is C14H17ClN2O. The monoisotopic (exact) mass is 264 g/mol. The molecule has 1 heterocycles. The second-order valence-electron chi connectivity index (χ2n) is 4.49. The summed E-state index contributed by atoms with van der Waals surface area (Å²) >= 11 is 0. The molecule has 0 unspecified atom stereocenters. The molecule has 0 saturated heterocycles. The van der Waals surface area contributed by atoms with Crippen molar-refractivity contribution in [2.45, 2.75) is 20.4 Å². The van der Waals surface area contributed by atoms with Crippen LogP contribution >= 0.6 is 0 Å². The lowest BCUT2D eigenvalue weighted by Crippen LogP contribution is -3.00. The minimum absolute atomic E-state index is 0. The molecule has 2 rings (SSSR count). The van der Waals surface area contributed by atoms with Crippen LogP contribution in [0, 0.1) is 13.8 Å². The maximum atomic E-state index is 12.1. The number of aryl methyl sites for hydroxylation is 3. The van der Waals surface area contributed by atoms with Gasteiger partial charge in [0.2, 0.25) is 12.1 Å². The Bertz CT molecular complexity index is 561. The third-order valence-electron chi connectivity index (χ3n) is 2.83. The van der Waals surface area contributed by atoms with Crippen molar-refractivity contribution in [3.05, 3.63) is 53.6 Å². The number of nitrogens with zero attached hydrogens (tertiary/aromatic N) is 2. The lowest BCUT2D eigenvalue weighted by molar-refractivity contribution is -0.682. The normalized spacial score (nSPS) is 9.94. The average molecular weight is 265 g/mol. The first-order valence-corrected chi connectivity index (χ1v) is 5.68. The number of carbonyl (C=O) groups excluding carboxylic acids is 1. The molecule has 0 bridgehead atoms. The van der Waals surface area contributed by atoms with E-state index in [1.807, 2.05) is 66.9 Å². The fourth-order valence-corrected chi connectivity index (χ4v) is 1.97. The van der Waals surface area contributed by atoms with Crippen molar-refractivity contribution in [2.75, 3.05) is 0 Å². The summed E-state index contributed by atoms with van der Waals surface area (Å²) in [6, 6.07) is 5.94. The third kappa shape index (κ3) is 3.20. The van der Waals surface area contributed by atoms with Crippen LogP contribution in [0.15, 0.2) is 36.9 Å². The Labute approximate surface area is 113 Å². The summed E-state index contributed by atoms with van der Waals surface area (Å²) in [5.41, 5.74) is 3.05. The molecule has 0 fully saturated rings. The van der Waals surface area contributed by atoms with Gasteiger partial charge in [-0.15, -0.1) is 0 Å². The van der Waals surface area contributed by atoms with Crippen molar-refractivity contribution in [2.24, 2.45) is 7.05 Å². The quantitative estimate of drug-likeness (QED) is 0.506. The molecule has 0 N–H and O–H groups in total. The Balaban J connectivity index is 0.00000162. The van der Waals surface area contributed by atoms with Crippen LogP contribution in [-0.2, 0) is 13.6 Å². The molecule has 2 aromatic rings. The van der Waals surface area contributed by atoms with E-state index in [0.29, 0.717) is 6.54 Å². The van der Waals surface area contributed by atoms with Crippen molar-refractivity contribution < 1.29 is 21.8 Å². The van der Waals surface area contributed by atoms with E-state index in [9.17, 15) is 4.79 Å². The molecule has 1 aromatic carbocycles. The number of aromatic nitrogens is 2. The Morgan fingerprint density at radius 1 is 1.33 bits per heavy atom. The molecular weight excluding hydrogens is 248 g/mol. The lowest BCUT2D eigenvalue weighted by atomic mass is 10.0. The number of ketones is 1. The molecule has 18 heavy (non-hydrogen) atoms. The van der Waals surface area contributed by atoms with Gasteiger partial charge in [0.05, 0.1) is 7.05 Å². The van der Waals surface area contributed by atoms with Crippen LogP contribution in [-0.4, -0.2) is 10.4 Å². The number of benzene rings is 1. The van der Waals surface area contributed by atoms with Crippen molar-refractivity contribution in [3.8, 4) is 0 Å². The molecule has 0 amide bonds. The lowest BCUT2D eigenvalue weighted by Gasteiger charge is -2.04. The Hall–Kier alpha value is -1.61. The van der Waals surface area contributed by atoms with E-state index in [4.69, 9.17) is 0 Å². The van der Waals surface area contributed by atoms with Crippen LogP contribution in [0.5, 0.6) is 0 Å². The van der Waals surface area contributed by atoms with Gasteiger partial charge in [-0.25, -0.2) is 9.13 Å². The summed E-state index contributed by atoms with van der Waals surface area (Å²) < 4.78 is 3.82. The zero-order chi connectivity index (χ0) is 12.4. The first kappa shape index (κ1) is 14.5. The van der Waals surface area contributed by atoms with Crippen molar-refractivity contribution in [1.29, 1.82) is 0 Å². The maximum Gasteiger partial charge on any atom is 0.243 e. The molecule has 1 aromatic heterocycles. The van der Waals surface area contributed by atoms with Gasteiger partial charge >= 0.3 is 0 Å². The van der Waals surface area contributed by atoms with Crippen LogP contribution in [0.4, 0.5) is 0 Å². The van der Waals surface area contributed by atoms with Gasteiger partial charge in [-0.05, 0) is 19.4 Å². The van der Waals surface area contributed by atoms with Crippen molar-refractivity contribution in [1.82, 2.24) is 4.57 Å². The topological polar surface area (TPSA) is 25.9 Å². The highest BCUT2D eigenvalue weighted by Crippen LogP contribution is 2.11. The average Bonchev–Trinajstić information content (AvgIpc) is 2.63. The first-order valence-electron chi connectivity index (χ1n) is 5.68. The largest absolute Gasteiger partial charge is 1.00 e. The molecule has 96 valence electrons. The van der Waals surface area contributed by atoms with Gasteiger partial charge in [-0.2, -0.15) is 0 Å². The molecule has 0 saturated carbocycles. The minimum Gasteiger partial charge on any atom is -1.00 e. The molecule has 4 heteroatoms. The van der Waals surface area contributed by atoms with Gasteiger partial charge in [0, 0.05) is 5.56 Å². The number of rotatable bonds is 3.